The zero-order valence-electron chi connectivity index (χ0n) is 11.5. The van der Waals surface area contributed by atoms with Gasteiger partial charge in [0.05, 0.1) is 18.1 Å². The highest BCUT2D eigenvalue weighted by Crippen LogP contribution is 2.17. The van der Waals surface area contributed by atoms with E-state index >= 15 is 0 Å². The van der Waals surface area contributed by atoms with Gasteiger partial charge in [-0.2, -0.15) is 5.26 Å². The molecule has 3 heteroatoms. The Morgan fingerprint density at radius 2 is 1.89 bits per heavy atom. The number of benzene rings is 1. The first-order chi connectivity index (χ1) is 8.40. The summed E-state index contributed by atoms with van der Waals surface area (Å²) in [6.45, 7) is 6.19. The summed E-state index contributed by atoms with van der Waals surface area (Å²) >= 11 is 0. The zero-order chi connectivity index (χ0) is 13.8. The minimum Gasteiger partial charge on any atom is -0.340 e. The average molecular weight is 244 g/mol. The highest BCUT2D eigenvalue weighted by Gasteiger charge is 2.25. The predicted molar refractivity (Wildman–Crippen MR) is 72.0 cm³/mol. The summed E-state index contributed by atoms with van der Waals surface area (Å²) in [5, 5.41) is 8.71. The fraction of sp³-hybridized carbons (Fsp3) is 0.467. The van der Waals surface area contributed by atoms with Crippen molar-refractivity contribution in [3.8, 4) is 6.07 Å². The Labute approximate surface area is 109 Å². The summed E-state index contributed by atoms with van der Waals surface area (Å²) in [5.41, 5.74) is 1.44. The average Bonchev–Trinajstić information content (AvgIpc) is 2.38. The van der Waals surface area contributed by atoms with Crippen molar-refractivity contribution in [2.24, 2.45) is 0 Å². The van der Waals surface area contributed by atoms with Gasteiger partial charge in [-0.3, -0.25) is 4.79 Å². The molecule has 1 rings (SSSR count). The van der Waals surface area contributed by atoms with E-state index in [-0.39, 0.29) is 11.4 Å². The smallest absolute Gasteiger partial charge is 0.227 e. The van der Waals surface area contributed by atoms with Gasteiger partial charge < -0.3 is 4.90 Å². The Hall–Kier alpha value is -1.82. The van der Waals surface area contributed by atoms with Gasteiger partial charge in [-0.15, -0.1) is 0 Å². The molecular weight excluding hydrogens is 224 g/mol. The summed E-state index contributed by atoms with van der Waals surface area (Å²) in [7, 11) is 1.84. The molecule has 0 heterocycles. The van der Waals surface area contributed by atoms with E-state index in [9.17, 15) is 4.79 Å². The largest absolute Gasteiger partial charge is 0.340 e. The molecule has 18 heavy (non-hydrogen) atoms. The molecular formula is C15H20N2O. The molecule has 0 N–H and O–H groups in total. The van der Waals surface area contributed by atoms with Gasteiger partial charge in [0.25, 0.3) is 0 Å². The Bertz CT molecular complexity index is 454. The van der Waals surface area contributed by atoms with Crippen molar-refractivity contribution in [3.05, 3.63) is 35.4 Å². The van der Waals surface area contributed by atoms with Crippen LogP contribution >= 0.6 is 0 Å². The lowest BCUT2D eigenvalue weighted by Crippen LogP contribution is -2.45. The number of hydrogen-bond donors (Lipinski definition) is 0. The SMILES string of the molecule is CCC(C)(C)N(C)C(=O)Cc1ccc(C#N)cc1. The third-order valence-corrected chi connectivity index (χ3v) is 3.59. The molecule has 1 aromatic rings. The van der Waals surface area contributed by atoms with Crippen LogP contribution in [0, 0.1) is 11.3 Å². The van der Waals surface area contributed by atoms with Gasteiger partial charge in [0.2, 0.25) is 5.91 Å². The van der Waals surface area contributed by atoms with Gasteiger partial charge in [-0.25, -0.2) is 0 Å². The lowest BCUT2D eigenvalue weighted by molar-refractivity contribution is -0.133. The zero-order valence-corrected chi connectivity index (χ0v) is 11.5. The third kappa shape index (κ3) is 3.33. The van der Waals surface area contributed by atoms with Crippen LogP contribution in [-0.4, -0.2) is 23.4 Å². The summed E-state index contributed by atoms with van der Waals surface area (Å²) in [6, 6.07) is 9.23. The van der Waals surface area contributed by atoms with E-state index in [0.29, 0.717) is 12.0 Å². The minimum absolute atomic E-state index is 0.103. The first kappa shape index (κ1) is 14.2. The Morgan fingerprint density at radius 1 is 1.33 bits per heavy atom. The highest BCUT2D eigenvalue weighted by atomic mass is 16.2. The normalized spacial score (nSPS) is 10.8. The van der Waals surface area contributed by atoms with Crippen molar-refractivity contribution in [3.63, 3.8) is 0 Å². The van der Waals surface area contributed by atoms with Crippen molar-refractivity contribution in [1.82, 2.24) is 4.90 Å². The van der Waals surface area contributed by atoms with Crippen LogP contribution in [0.15, 0.2) is 24.3 Å². The lowest BCUT2D eigenvalue weighted by atomic mass is 9.99. The fourth-order valence-electron chi connectivity index (χ4n) is 1.57. The highest BCUT2D eigenvalue weighted by molar-refractivity contribution is 5.79. The molecule has 0 aliphatic carbocycles. The molecule has 0 atom stereocenters. The standard InChI is InChI=1S/C15H20N2O/c1-5-15(2,3)17(4)14(18)10-12-6-8-13(11-16)9-7-12/h6-9H,5,10H2,1-4H3. The van der Waals surface area contributed by atoms with Crippen LogP contribution in [0.5, 0.6) is 0 Å². The molecule has 0 radical (unpaired) electrons. The molecule has 0 aliphatic rings. The Kier molecular flexibility index (Phi) is 4.49. The lowest BCUT2D eigenvalue weighted by Gasteiger charge is -2.35. The fourth-order valence-corrected chi connectivity index (χ4v) is 1.57. The van der Waals surface area contributed by atoms with Crippen molar-refractivity contribution in [2.45, 2.75) is 39.2 Å². The molecule has 0 unspecified atom stereocenters. The van der Waals surface area contributed by atoms with Gasteiger partial charge >= 0.3 is 0 Å². The Balaban J connectivity index is 2.73. The number of nitriles is 1. The maximum atomic E-state index is 12.1. The van der Waals surface area contributed by atoms with Gasteiger partial charge in [0, 0.05) is 12.6 Å². The van der Waals surface area contributed by atoms with Crippen LogP contribution in [0.25, 0.3) is 0 Å². The van der Waals surface area contributed by atoms with Crippen molar-refractivity contribution in [2.75, 3.05) is 7.05 Å². The van der Waals surface area contributed by atoms with Crippen molar-refractivity contribution in [1.29, 1.82) is 5.26 Å². The topological polar surface area (TPSA) is 44.1 Å². The number of likely N-dealkylation sites (N-methyl/N-ethyl adjacent to an activating group) is 1. The number of nitrogens with zero attached hydrogens (tertiary/aromatic N) is 2. The second-order valence-electron chi connectivity index (χ2n) is 5.10. The van der Waals surface area contributed by atoms with Crippen LogP contribution in [-0.2, 0) is 11.2 Å². The van der Waals surface area contributed by atoms with E-state index in [1.165, 1.54) is 0 Å². The monoisotopic (exact) mass is 244 g/mol. The van der Waals surface area contributed by atoms with E-state index in [0.717, 1.165) is 12.0 Å². The van der Waals surface area contributed by atoms with E-state index in [2.05, 4.69) is 26.8 Å². The molecule has 1 amide bonds. The quantitative estimate of drug-likeness (QED) is 0.817. The molecule has 0 saturated carbocycles. The molecule has 0 saturated heterocycles. The van der Waals surface area contributed by atoms with Crippen LogP contribution in [0.3, 0.4) is 0 Å². The first-order valence-corrected chi connectivity index (χ1v) is 6.16. The van der Waals surface area contributed by atoms with Crippen LogP contribution in [0.1, 0.15) is 38.3 Å². The van der Waals surface area contributed by atoms with E-state index < -0.39 is 0 Å². The molecule has 0 aliphatic heterocycles. The molecule has 0 aromatic heterocycles. The predicted octanol–water partition coefficient (Wildman–Crippen LogP) is 2.75. The number of carbonyl (C=O) groups is 1. The summed E-state index contributed by atoms with van der Waals surface area (Å²) < 4.78 is 0. The summed E-state index contributed by atoms with van der Waals surface area (Å²) in [6.07, 6.45) is 1.30. The molecule has 96 valence electrons. The van der Waals surface area contributed by atoms with Crippen LogP contribution in [0.4, 0.5) is 0 Å². The molecule has 0 spiro atoms. The summed E-state index contributed by atoms with van der Waals surface area (Å²) in [5.74, 6) is 0.103. The van der Waals surface area contributed by atoms with Gasteiger partial charge in [0.15, 0.2) is 0 Å². The minimum atomic E-state index is -0.121. The van der Waals surface area contributed by atoms with E-state index in [4.69, 9.17) is 5.26 Å². The van der Waals surface area contributed by atoms with E-state index in [1.54, 1.807) is 17.0 Å². The molecule has 0 fully saturated rings. The second-order valence-corrected chi connectivity index (χ2v) is 5.10. The second kappa shape index (κ2) is 5.68. The molecule has 3 nitrogen and oxygen atoms in total. The van der Waals surface area contributed by atoms with Crippen LogP contribution < -0.4 is 0 Å². The van der Waals surface area contributed by atoms with E-state index in [1.807, 2.05) is 19.2 Å². The molecule has 0 bridgehead atoms. The molecule has 1 aromatic carbocycles. The van der Waals surface area contributed by atoms with Gasteiger partial charge in [-0.05, 0) is 38.0 Å². The maximum absolute atomic E-state index is 12.1. The maximum Gasteiger partial charge on any atom is 0.227 e. The van der Waals surface area contributed by atoms with Crippen molar-refractivity contribution < 1.29 is 4.79 Å². The number of amides is 1. The number of carbonyl (C=O) groups excluding carboxylic acids is 1. The van der Waals surface area contributed by atoms with Crippen LogP contribution in [0.2, 0.25) is 0 Å². The third-order valence-electron chi connectivity index (χ3n) is 3.59. The number of hydrogen-bond acceptors (Lipinski definition) is 2. The van der Waals surface area contributed by atoms with Crippen molar-refractivity contribution >= 4 is 5.91 Å². The Morgan fingerprint density at radius 3 is 2.33 bits per heavy atom. The van der Waals surface area contributed by atoms with Gasteiger partial charge in [-0.1, -0.05) is 19.1 Å². The summed E-state index contributed by atoms with van der Waals surface area (Å²) in [4.78, 5) is 13.9. The number of rotatable bonds is 4. The van der Waals surface area contributed by atoms with Gasteiger partial charge in [0.1, 0.15) is 0 Å². The first-order valence-electron chi connectivity index (χ1n) is 6.16.